The first-order valence-electron chi connectivity index (χ1n) is 7.77. The molecule has 9 heteroatoms. The Kier molecular flexibility index (Phi) is 6.27. The minimum Gasteiger partial charge on any atom is -0.618 e. The van der Waals surface area contributed by atoms with Crippen LogP contribution in [-0.2, 0) is 14.8 Å². The Morgan fingerprint density at radius 1 is 1.27 bits per heavy atom. The molecule has 0 atom stereocenters. The summed E-state index contributed by atoms with van der Waals surface area (Å²) in [5.41, 5.74) is 2.00. The normalized spacial score (nSPS) is 11.6. The number of thioether (sulfide) groups is 1. The molecule has 2 rings (SSSR count). The molecular weight excluding hydrogens is 374 g/mol. The van der Waals surface area contributed by atoms with Crippen molar-refractivity contribution in [1.82, 2.24) is 4.31 Å². The number of amides is 1. The van der Waals surface area contributed by atoms with Crippen LogP contribution in [0.25, 0.3) is 0 Å². The molecule has 0 bridgehead atoms. The van der Waals surface area contributed by atoms with Gasteiger partial charge in [0.15, 0.2) is 6.20 Å². The van der Waals surface area contributed by atoms with Gasteiger partial charge in [-0.1, -0.05) is 0 Å². The fraction of sp³-hybridized carbons (Fsp3) is 0.294. The number of benzene rings is 1. The highest BCUT2D eigenvalue weighted by Crippen LogP contribution is 2.26. The van der Waals surface area contributed by atoms with Crippen molar-refractivity contribution in [2.24, 2.45) is 0 Å². The molecule has 1 aromatic heterocycles. The first kappa shape index (κ1) is 20.2. The van der Waals surface area contributed by atoms with Gasteiger partial charge in [0.05, 0.1) is 10.6 Å². The fourth-order valence-electron chi connectivity index (χ4n) is 2.17. The molecule has 0 spiro atoms. The molecule has 0 saturated carbocycles. The van der Waals surface area contributed by atoms with Crippen LogP contribution in [0.1, 0.15) is 11.1 Å². The third-order valence-corrected chi connectivity index (χ3v) is 6.64. The number of hydrogen-bond donors (Lipinski definition) is 1. The zero-order valence-corrected chi connectivity index (χ0v) is 16.6. The van der Waals surface area contributed by atoms with Gasteiger partial charge in [0, 0.05) is 31.9 Å². The van der Waals surface area contributed by atoms with Gasteiger partial charge >= 0.3 is 0 Å². The number of anilines is 1. The van der Waals surface area contributed by atoms with Gasteiger partial charge < -0.3 is 10.5 Å². The van der Waals surface area contributed by atoms with E-state index >= 15 is 0 Å². The average molecular weight is 396 g/mol. The predicted molar refractivity (Wildman–Crippen MR) is 102 cm³/mol. The number of carbonyl (C=O) groups excluding carboxylic acids is 1. The van der Waals surface area contributed by atoms with Gasteiger partial charge in [0.25, 0.3) is 5.03 Å². The first-order chi connectivity index (χ1) is 12.1. The quantitative estimate of drug-likeness (QED) is 0.458. The van der Waals surface area contributed by atoms with E-state index in [0.717, 1.165) is 27.2 Å². The van der Waals surface area contributed by atoms with E-state index in [2.05, 4.69) is 5.32 Å². The zero-order chi connectivity index (χ0) is 19.5. The van der Waals surface area contributed by atoms with Gasteiger partial charge in [-0.2, -0.15) is 4.73 Å². The molecule has 0 unspecified atom stereocenters. The summed E-state index contributed by atoms with van der Waals surface area (Å²) >= 11 is 1.11. The standard InChI is InChI=1S/C17H21N3O4S2/c1-12-9-14(26(23,24)19(3)4)10-15(13(12)2)18-16(21)11-25-17-7-5-6-8-20(17)22/h5-10H,11H2,1-4H3,(H,18,21). The van der Waals surface area contributed by atoms with E-state index in [9.17, 15) is 18.4 Å². The number of hydrogen-bond acceptors (Lipinski definition) is 5. The van der Waals surface area contributed by atoms with Crippen LogP contribution in [0.4, 0.5) is 5.69 Å². The molecule has 2 aromatic rings. The van der Waals surface area contributed by atoms with Crippen LogP contribution in [0.5, 0.6) is 0 Å². The van der Waals surface area contributed by atoms with E-state index in [4.69, 9.17) is 0 Å². The summed E-state index contributed by atoms with van der Waals surface area (Å²) < 4.78 is 26.5. The highest BCUT2D eigenvalue weighted by Gasteiger charge is 2.20. The van der Waals surface area contributed by atoms with Gasteiger partial charge in [0.1, 0.15) is 0 Å². The van der Waals surface area contributed by atoms with Crippen molar-refractivity contribution in [3.05, 3.63) is 52.9 Å². The SMILES string of the molecule is Cc1cc(S(=O)(=O)N(C)C)cc(NC(=O)CSc2cccc[n+]2[O-])c1C. The Labute approximate surface area is 157 Å². The van der Waals surface area contributed by atoms with Crippen LogP contribution in [-0.4, -0.2) is 38.5 Å². The number of aromatic nitrogens is 1. The van der Waals surface area contributed by atoms with Gasteiger partial charge in [-0.05, 0) is 54.9 Å². The van der Waals surface area contributed by atoms with E-state index in [-0.39, 0.29) is 16.6 Å². The molecule has 0 aliphatic rings. The van der Waals surface area contributed by atoms with Crippen LogP contribution in [0.15, 0.2) is 46.5 Å². The van der Waals surface area contributed by atoms with Crippen LogP contribution >= 0.6 is 11.8 Å². The van der Waals surface area contributed by atoms with Crippen molar-refractivity contribution in [3.8, 4) is 0 Å². The first-order valence-corrected chi connectivity index (χ1v) is 10.2. The highest BCUT2D eigenvalue weighted by molar-refractivity contribution is 7.99. The van der Waals surface area contributed by atoms with E-state index in [1.807, 2.05) is 6.92 Å². The summed E-state index contributed by atoms with van der Waals surface area (Å²) in [7, 11) is -0.692. The van der Waals surface area contributed by atoms with E-state index in [0.29, 0.717) is 15.4 Å². The highest BCUT2D eigenvalue weighted by atomic mass is 32.2. The zero-order valence-electron chi connectivity index (χ0n) is 15.0. The molecule has 1 aromatic carbocycles. The number of carbonyl (C=O) groups is 1. The number of sulfonamides is 1. The number of nitrogens with one attached hydrogen (secondary N) is 1. The molecule has 7 nitrogen and oxygen atoms in total. The van der Waals surface area contributed by atoms with Gasteiger partial charge in [-0.15, -0.1) is 0 Å². The number of aryl methyl sites for hydroxylation is 1. The Morgan fingerprint density at radius 2 is 1.96 bits per heavy atom. The largest absolute Gasteiger partial charge is 0.618 e. The van der Waals surface area contributed by atoms with Gasteiger partial charge in [-0.3, -0.25) is 4.79 Å². The summed E-state index contributed by atoms with van der Waals surface area (Å²) in [6, 6.07) is 8.00. The van der Waals surface area contributed by atoms with Crippen molar-refractivity contribution >= 4 is 33.4 Å². The Balaban J connectivity index is 2.19. The lowest BCUT2D eigenvalue weighted by molar-refractivity contribution is -0.645. The van der Waals surface area contributed by atoms with E-state index < -0.39 is 10.0 Å². The predicted octanol–water partition coefficient (Wildman–Crippen LogP) is 1.92. The molecule has 0 fully saturated rings. The molecule has 1 N–H and O–H groups in total. The lowest BCUT2D eigenvalue weighted by Gasteiger charge is -2.16. The maximum atomic E-state index is 12.4. The van der Waals surface area contributed by atoms with Crippen molar-refractivity contribution in [1.29, 1.82) is 0 Å². The maximum absolute atomic E-state index is 12.4. The summed E-state index contributed by atoms with van der Waals surface area (Å²) in [5.74, 6) is -0.282. The number of nitrogens with zero attached hydrogens (tertiary/aromatic N) is 2. The lowest BCUT2D eigenvalue weighted by Crippen LogP contribution is -2.28. The van der Waals surface area contributed by atoms with Crippen molar-refractivity contribution in [2.45, 2.75) is 23.8 Å². The molecule has 140 valence electrons. The lowest BCUT2D eigenvalue weighted by atomic mass is 10.1. The monoisotopic (exact) mass is 395 g/mol. The summed E-state index contributed by atoms with van der Waals surface area (Å²) in [6.45, 7) is 3.60. The third kappa shape index (κ3) is 4.54. The Bertz CT molecular complexity index is 928. The minimum atomic E-state index is -3.60. The van der Waals surface area contributed by atoms with Crippen LogP contribution in [0, 0.1) is 19.1 Å². The molecule has 0 radical (unpaired) electrons. The summed E-state index contributed by atoms with van der Waals surface area (Å²) in [4.78, 5) is 12.4. The van der Waals surface area contributed by atoms with Gasteiger partial charge in [-0.25, -0.2) is 12.7 Å². The van der Waals surface area contributed by atoms with Crippen LogP contribution in [0.3, 0.4) is 0 Å². The molecule has 0 aliphatic carbocycles. The fourth-order valence-corrected chi connectivity index (χ4v) is 3.89. The Hall–Kier alpha value is -2.10. The van der Waals surface area contributed by atoms with Crippen molar-refractivity contribution < 1.29 is 17.9 Å². The number of rotatable bonds is 6. The average Bonchev–Trinajstić information content (AvgIpc) is 2.57. The topological polar surface area (TPSA) is 93.4 Å². The maximum Gasteiger partial charge on any atom is 0.251 e. The van der Waals surface area contributed by atoms with Crippen molar-refractivity contribution in [3.63, 3.8) is 0 Å². The molecule has 1 heterocycles. The summed E-state index contributed by atoms with van der Waals surface area (Å²) in [6.07, 6.45) is 1.36. The second kappa shape index (κ2) is 8.07. The van der Waals surface area contributed by atoms with E-state index in [1.54, 1.807) is 31.2 Å². The molecule has 0 aliphatic heterocycles. The van der Waals surface area contributed by atoms with Crippen LogP contribution < -0.4 is 10.0 Å². The molecule has 1 amide bonds. The molecular formula is C17H21N3O4S2. The molecule has 0 saturated heterocycles. The Morgan fingerprint density at radius 3 is 2.58 bits per heavy atom. The minimum absolute atomic E-state index is 0.0371. The summed E-state index contributed by atoms with van der Waals surface area (Å²) in [5, 5.41) is 14.8. The molecule has 26 heavy (non-hydrogen) atoms. The van der Waals surface area contributed by atoms with Crippen molar-refractivity contribution in [2.75, 3.05) is 25.2 Å². The van der Waals surface area contributed by atoms with Crippen LogP contribution in [0.2, 0.25) is 0 Å². The second-order valence-electron chi connectivity index (χ2n) is 5.90. The third-order valence-electron chi connectivity index (χ3n) is 3.83. The second-order valence-corrected chi connectivity index (χ2v) is 9.05. The number of pyridine rings is 1. The smallest absolute Gasteiger partial charge is 0.251 e. The van der Waals surface area contributed by atoms with Gasteiger partial charge in [0.2, 0.25) is 15.9 Å². The van der Waals surface area contributed by atoms with E-state index in [1.165, 1.54) is 26.4 Å².